The molecule has 4 N–H and O–H groups in total. The largest absolute Gasteiger partial charge is 0.506 e. The Morgan fingerprint density at radius 1 is 1.22 bits per heavy atom. The van der Waals surface area contributed by atoms with Crippen molar-refractivity contribution in [1.82, 2.24) is 15.0 Å². The third-order valence-electron chi connectivity index (χ3n) is 4.80. The number of aromatic amines is 1. The smallest absolute Gasteiger partial charge is 0.305 e. The highest BCUT2D eigenvalue weighted by Gasteiger charge is 2.20. The average Bonchev–Trinajstić information content (AvgIpc) is 3.28. The number of thiophene rings is 1. The summed E-state index contributed by atoms with van der Waals surface area (Å²) in [5, 5.41) is 13.4. The fourth-order valence-electron chi connectivity index (χ4n) is 3.49. The lowest BCUT2D eigenvalue weighted by atomic mass is 10.1. The summed E-state index contributed by atoms with van der Waals surface area (Å²) < 4.78 is 33.5. The maximum atomic E-state index is 12.1. The first-order chi connectivity index (χ1) is 15.2. The van der Waals surface area contributed by atoms with Gasteiger partial charge in [-0.3, -0.25) is 10.1 Å². The second-order valence-corrected chi connectivity index (χ2v) is 11.8. The van der Waals surface area contributed by atoms with Gasteiger partial charge in [-0.15, -0.1) is 11.3 Å². The van der Waals surface area contributed by atoms with Gasteiger partial charge in [0, 0.05) is 29.3 Å². The van der Waals surface area contributed by atoms with E-state index in [0.717, 1.165) is 26.5 Å². The molecule has 0 saturated heterocycles. The van der Waals surface area contributed by atoms with Crippen LogP contribution < -0.4 is 14.9 Å². The van der Waals surface area contributed by atoms with Gasteiger partial charge >= 0.3 is 4.87 Å². The van der Waals surface area contributed by atoms with Gasteiger partial charge in [0.15, 0.2) is 0 Å². The number of phenols is 1. The Labute approximate surface area is 195 Å². The third-order valence-corrected chi connectivity index (χ3v) is 8.42. The van der Waals surface area contributed by atoms with E-state index in [9.17, 15) is 18.3 Å². The number of H-pyrrole nitrogens is 1. The van der Waals surface area contributed by atoms with Crippen molar-refractivity contribution in [3.8, 4) is 5.75 Å². The van der Waals surface area contributed by atoms with E-state index in [1.807, 2.05) is 13.0 Å². The molecule has 176 valence electrons. The van der Waals surface area contributed by atoms with Crippen LogP contribution in [0.25, 0.3) is 10.2 Å². The van der Waals surface area contributed by atoms with Crippen LogP contribution in [-0.4, -0.2) is 49.7 Å². The van der Waals surface area contributed by atoms with Crippen molar-refractivity contribution in [3.05, 3.63) is 49.3 Å². The number of aryl methyl sites for hydroxylation is 1. The van der Waals surface area contributed by atoms with Crippen molar-refractivity contribution < 1.29 is 18.3 Å². The lowest BCUT2D eigenvalue weighted by molar-refractivity contribution is -0.00907. The molecule has 0 radical (unpaired) electrons. The quantitative estimate of drug-likeness (QED) is 0.284. The van der Waals surface area contributed by atoms with Crippen LogP contribution in [0, 0.1) is 6.92 Å². The number of rotatable bonds is 12. The molecule has 0 spiro atoms. The molecule has 0 aliphatic carbocycles. The number of hydrogen-bond donors (Lipinski definition) is 4. The minimum Gasteiger partial charge on any atom is -0.506 e. The molecule has 2 aromatic heterocycles. The van der Waals surface area contributed by atoms with Gasteiger partial charge in [0.05, 0.1) is 16.6 Å². The summed E-state index contributed by atoms with van der Waals surface area (Å²) in [5.41, 5.74) is 1.41. The molecular formula is C21H29N3O5S3. The summed E-state index contributed by atoms with van der Waals surface area (Å²) in [6.45, 7) is 6.45. The van der Waals surface area contributed by atoms with Gasteiger partial charge in [0.1, 0.15) is 17.5 Å². The number of aromatic nitrogens is 1. The van der Waals surface area contributed by atoms with Crippen LogP contribution in [0.1, 0.15) is 29.2 Å². The van der Waals surface area contributed by atoms with Gasteiger partial charge in [-0.2, -0.15) is 0 Å². The second kappa shape index (κ2) is 10.9. The van der Waals surface area contributed by atoms with Crippen molar-refractivity contribution >= 4 is 42.9 Å². The topological polar surface area (TPSA) is 121 Å². The Morgan fingerprint density at radius 3 is 2.69 bits per heavy atom. The summed E-state index contributed by atoms with van der Waals surface area (Å²) in [6.07, 6.45) is 0.384. The van der Waals surface area contributed by atoms with Crippen LogP contribution in [0.3, 0.4) is 0 Å². The van der Waals surface area contributed by atoms with Gasteiger partial charge in [-0.05, 0) is 44.0 Å². The van der Waals surface area contributed by atoms with Crippen molar-refractivity contribution in [2.75, 3.05) is 18.8 Å². The first-order valence-electron chi connectivity index (χ1n) is 10.4. The molecule has 3 aromatic rings. The van der Waals surface area contributed by atoms with Crippen molar-refractivity contribution in [1.29, 1.82) is 0 Å². The average molecular weight is 500 g/mol. The molecule has 2 atom stereocenters. The summed E-state index contributed by atoms with van der Waals surface area (Å²) in [7, 11) is -3.39. The van der Waals surface area contributed by atoms with Crippen LogP contribution in [0.5, 0.6) is 5.75 Å². The molecule has 0 aliphatic rings. The van der Waals surface area contributed by atoms with Crippen LogP contribution >= 0.6 is 22.7 Å². The number of benzene rings is 1. The number of ether oxygens (including phenoxy) is 1. The fraction of sp³-hybridized carbons (Fsp3) is 0.476. The molecule has 0 bridgehead atoms. The maximum Gasteiger partial charge on any atom is 0.305 e. The number of aromatic hydroxyl groups is 1. The summed E-state index contributed by atoms with van der Waals surface area (Å²) >= 11 is 2.76. The Morgan fingerprint density at radius 2 is 2.00 bits per heavy atom. The van der Waals surface area contributed by atoms with Crippen molar-refractivity contribution in [3.63, 3.8) is 0 Å². The van der Waals surface area contributed by atoms with Gasteiger partial charge in [0.2, 0.25) is 10.0 Å². The molecule has 8 nitrogen and oxygen atoms in total. The molecule has 0 saturated carbocycles. The predicted octanol–water partition coefficient (Wildman–Crippen LogP) is 2.71. The van der Waals surface area contributed by atoms with E-state index >= 15 is 0 Å². The SMILES string of the molecule is CCNS(=O)(=O)CC(C)OC(Cc1ccc(C)s1)NCCc1ccc(O)c2[nH]c(=O)sc12. The Hall–Kier alpha value is -1.76. The highest BCUT2D eigenvalue weighted by molar-refractivity contribution is 7.89. The lowest BCUT2D eigenvalue weighted by Crippen LogP contribution is -2.40. The number of nitrogens with one attached hydrogen (secondary N) is 3. The zero-order valence-electron chi connectivity index (χ0n) is 18.3. The van der Waals surface area contributed by atoms with E-state index in [0.29, 0.717) is 31.4 Å². The van der Waals surface area contributed by atoms with Crippen LogP contribution in [0.2, 0.25) is 0 Å². The van der Waals surface area contributed by atoms with Gasteiger partial charge < -0.3 is 14.8 Å². The Bertz CT molecular complexity index is 1200. The molecular weight excluding hydrogens is 470 g/mol. The molecule has 2 unspecified atom stereocenters. The zero-order valence-corrected chi connectivity index (χ0v) is 20.8. The summed E-state index contributed by atoms with van der Waals surface area (Å²) in [5.74, 6) is -0.0571. The van der Waals surface area contributed by atoms with Gasteiger partial charge in [0.25, 0.3) is 0 Å². The van der Waals surface area contributed by atoms with Gasteiger partial charge in [-0.25, -0.2) is 13.1 Å². The molecule has 3 rings (SSSR count). The molecule has 32 heavy (non-hydrogen) atoms. The standard InChI is InChI=1S/C21H29N3O5S3/c1-4-23-32(27,28)12-13(2)29-18(11-16-7-5-14(3)30-16)22-10-9-15-6-8-17(25)19-20(15)31-21(26)24-19/h5-8,13,18,22-23,25H,4,9-12H2,1-3H3,(H,24,26). The highest BCUT2D eigenvalue weighted by Crippen LogP contribution is 2.28. The number of hydrogen-bond acceptors (Lipinski definition) is 8. The van der Waals surface area contributed by atoms with E-state index in [1.54, 1.807) is 31.3 Å². The van der Waals surface area contributed by atoms with Gasteiger partial charge in [-0.1, -0.05) is 24.3 Å². The van der Waals surface area contributed by atoms with Crippen LogP contribution in [0.4, 0.5) is 0 Å². The fourth-order valence-corrected chi connectivity index (χ4v) is 6.56. The summed E-state index contributed by atoms with van der Waals surface area (Å²) in [6, 6.07) is 7.50. The minimum absolute atomic E-state index is 0.0556. The van der Waals surface area contributed by atoms with E-state index in [-0.39, 0.29) is 22.6 Å². The number of thiazole rings is 1. The molecule has 11 heteroatoms. The number of sulfonamides is 1. The number of phenolic OH excluding ortho intramolecular Hbond substituents is 1. The third kappa shape index (κ3) is 6.87. The monoisotopic (exact) mass is 499 g/mol. The molecule has 2 heterocycles. The molecule has 0 fully saturated rings. The van der Waals surface area contributed by atoms with Crippen molar-refractivity contribution in [2.24, 2.45) is 0 Å². The first-order valence-corrected chi connectivity index (χ1v) is 13.7. The Kier molecular flexibility index (Phi) is 8.48. The normalized spacial score (nSPS) is 14.1. The molecule has 0 amide bonds. The highest BCUT2D eigenvalue weighted by atomic mass is 32.2. The van der Waals surface area contributed by atoms with Crippen LogP contribution in [0.15, 0.2) is 29.1 Å². The lowest BCUT2D eigenvalue weighted by Gasteiger charge is -2.23. The number of fused-ring (bicyclic) bond motifs is 1. The Balaban J connectivity index is 1.67. The first kappa shape index (κ1) is 24.9. The zero-order chi connectivity index (χ0) is 23.3. The van der Waals surface area contributed by atoms with Crippen molar-refractivity contribution in [2.45, 2.75) is 45.9 Å². The predicted molar refractivity (Wildman–Crippen MR) is 130 cm³/mol. The molecule has 0 aliphatic heterocycles. The minimum atomic E-state index is -3.39. The summed E-state index contributed by atoms with van der Waals surface area (Å²) in [4.78, 5) is 16.5. The maximum absolute atomic E-state index is 12.1. The van der Waals surface area contributed by atoms with E-state index in [4.69, 9.17) is 4.74 Å². The van der Waals surface area contributed by atoms with E-state index in [2.05, 4.69) is 27.2 Å². The van der Waals surface area contributed by atoms with E-state index < -0.39 is 16.1 Å². The molecule has 1 aromatic carbocycles. The van der Waals surface area contributed by atoms with Crippen LogP contribution in [-0.2, 0) is 27.6 Å². The second-order valence-electron chi connectivity index (χ2n) is 7.60. The van der Waals surface area contributed by atoms with E-state index in [1.165, 1.54) is 4.88 Å².